The molecular weight excluding hydrogens is 198 g/mol. The summed E-state index contributed by atoms with van der Waals surface area (Å²) in [5, 5.41) is 14.5. The molecule has 0 aliphatic heterocycles. The summed E-state index contributed by atoms with van der Waals surface area (Å²) < 4.78 is 5.21. The number of methoxy groups -OCH3 is 1. The standard InChI is InChI=1S/C10H15NO2S/c1-13-8-2-5-14-9(8)6-11-10(7-12)3-4-10/h2,5,11-12H,3-4,6-7H2,1H3. The van der Waals surface area contributed by atoms with Gasteiger partial charge in [0.1, 0.15) is 5.75 Å². The molecule has 14 heavy (non-hydrogen) atoms. The van der Waals surface area contributed by atoms with Crippen LogP contribution in [-0.2, 0) is 6.54 Å². The molecule has 1 aliphatic rings. The molecular formula is C10H15NO2S. The van der Waals surface area contributed by atoms with Crippen molar-refractivity contribution in [3.8, 4) is 5.75 Å². The number of thiophene rings is 1. The lowest BCUT2D eigenvalue weighted by atomic mass is 10.3. The van der Waals surface area contributed by atoms with Gasteiger partial charge in [0, 0.05) is 12.1 Å². The van der Waals surface area contributed by atoms with Crippen LogP contribution in [0.2, 0.25) is 0 Å². The van der Waals surface area contributed by atoms with E-state index in [9.17, 15) is 0 Å². The molecule has 2 rings (SSSR count). The van der Waals surface area contributed by atoms with Crippen LogP contribution < -0.4 is 10.1 Å². The summed E-state index contributed by atoms with van der Waals surface area (Å²) in [7, 11) is 1.69. The lowest BCUT2D eigenvalue weighted by Gasteiger charge is -2.13. The Morgan fingerprint density at radius 2 is 2.43 bits per heavy atom. The van der Waals surface area contributed by atoms with Crippen molar-refractivity contribution in [3.05, 3.63) is 16.3 Å². The second kappa shape index (κ2) is 3.88. The predicted molar refractivity (Wildman–Crippen MR) is 56.8 cm³/mol. The van der Waals surface area contributed by atoms with Crippen LogP contribution in [0.5, 0.6) is 5.75 Å². The molecule has 1 aromatic rings. The number of hydrogen-bond acceptors (Lipinski definition) is 4. The maximum Gasteiger partial charge on any atom is 0.134 e. The highest BCUT2D eigenvalue weighted by Gasteiger charge is 2.41. The average molecular weight is 213 g/mol. The Balaban J connectivity index is 1.91. The quantitative estimate of drug-likeness (QED) is 0.776. The molecule has 1 fully saturated rings. The van der Waals surface area contributed by atoms with Gasteiger partial charge >= 0.3 is 0 Å². The third-order valence-corrected chi connectivity index (χ3v) is 3.61. The Labute approximate surface area is 87.7 Å². The lowest BCUT2D eigenvalue weighted by molar-refractivity contribution is 0.229. The van der Waals surface area contributed by atoms with E-state index >= 15 is 0 Å². The van der Waals surface area contributed by atoms with E-state index in [0.29, 0.717) is 0 Å². The predicted octanol–water partition coefficient (Wildman–Crippen LogP) is 1.37. The summed E-state index contributed by atoms with van der Waals surface area (Å²) in [6, 6.07) is 1.97. The van der Waals surface area contributed by atoms with Crippen LogP contribution in [0.3, 0.4) is 0 Å². The number of aliphatic hydroxyl groups is 1. The molecule has 0 aromatic carbocycles. The van der Waals surface area contributed by atoms with Crippen LogP contribution in [0.15, 0.2) is 11.4 Å². The fourth-order valence-corrected chi connectivity index (χ4v) is 2.23. The Morgan fingerprint density at radius 1 is 1.64 bits per heavy atom. The summed E-state index contributed by atoms with van der Waals surface area (Å²) in [5.74, 6) is 0.941. The maximum atomic E-state index is 9.12. The number of rotatable bonds is 5. The van der Waals surface area contributed by atoms with Crippen molar-refractivity contribution in [2.24, 2.45) is 0 Å². The summed E-state index contributed by atoms with van der Waals surface area (Å²) in [4.78, 5) is 1.20. The van der Waals surface area contributed by atoms with Crippen LogP contribution in [0.1, 0.15) is 17.7 Å². The van der Waals surface area contributed by atoms with Gasteiger partial charge in [-0.05, 0) is 24.3 Å². The topological polar surface area (TPSA) is 41.5 Å². The van der Waals surface area contributed by atoms with Crippen molar-refractivity contribution in [2.75, 3.05) is 13.7 Å². The van der Waals surface area contributed by atoms with Crippen LogP contribution in [-0.4, -0.2) is 24.4 Å². The highest BCUT2D eigenvalue weighted by molar-refractivity contribution is 7.10. The van der Waals surface area contributed by atoms with Gasteiger partial charge in [-0.3, -0.25) is 0 Å². The van der Waals surface area contributed by atoms with Crippen molar-refractivity contribution in [1.82, 2.24) is 5.32 Å². The fraction of sp³-hybridized carbons (Fsp3) is 0.600. The molecule has 0 unspecified atom stereocenters. The molecule has 4 heteroatoms. The summed E-state index contributed by atoms with van der Waals surface area (Å²) in [6.45, 7) is 1.03. The van der Waals surface area contributed by atoms with E-state index in [0.717, 1.165) is 25.1 Å². The molecule has 0 atom stereocenters. The van der Waals surface area contributed by atoms with Crippen molar-refractivity contribution in [2.45, 2.75) is 24.9 Å². The van der Waals surface area contributed by atoms with Crippen LogP contribution >= 0.6 is 11.3 Å². The molecule has 0 amide bonds. The van der Waals surface area contributed by atoms with E-state index in [1.54, 1.807) is 18.4 Å². The molecule has 2 N–H and O–H groups in total. The van der Waals surface area contributed by atoms with E-state index in [1.165, 1.54) is 4.88 Å². The van der Waals surface area contributed by atoms with Gasteiger partial charge in [-0.2, -0.15) is 0 Å². The minimum atomic E-state index is 0.00893. The van der Waals surface area contributed by atoms with E-state index in [1.807, 2.05) is 11.4 Å². The van der Waals surface area contributed by atoms with Crippen LogP contribution in [0.4, 0.5) is 0 Å². The molecule has 1 saturated carbocycles. The zero-order valence-electron chi connectivity index (χ0n) is 8.25. The monoisotopic (exact) mass is 213 g/mol. The second-order valence-corrected chi connectivity index (χ2v) is 4.70. The molecule has 0 saturated heterocycles. The zero-order valence-corrected chi connectivity index (χ0v) is 9.06. The first-order valence-corrected chi connectivity index (χ1v) is 5.64. The largest absolute Gasteiger partial charge is 0.496 e. The van der Waals surface area contributed by atoms with E-state index in [-0.39, 0.29) is 12.1 Å². The van der Waals surface area contributed by atoms with Crippen molar-refractivity contribution >= 4 is 11.3 Å². The molecule has 1 heterocycles. The molecule has 0 spiro atoms. The third-order valence-electron chi connectivity index (χ3n) is 2.70. The van der Waals surface area contributed by atoms with Crippen LogP contribution in [0.25, 0.3) is 0 Å². The smallest absolute Gasteiger partial charge is 0.134 e. The number of nitrogens with one attached hydrogen (secondary N) is 1. The van der Waals surface area contributed by atoms with Gasteiger partial charge in [-0.15, -0.1) is 11.3 Å². The van der Waals surface area contributed by atoms with Crippen molar-refractivity contribution in [3.63, 3.8) is 0 Å². The van der Waals surface area contributed by atoms with Gasteiger partial charge < -0.3 is 15.2 Å². The Kier molecular flexibility index (Phi) is 2.76. The Bertz CT molecular complexity index is 307. The Hall–Kier alpha value is -0.580. The first kappa shape index (κ1) is 9.96. The van der Waals surface area contributed by atoms with Gasteiger partial charge in [-0.1, -0.05) is 0 Å². The van der Waals surface area contributed by atoms with Gasteiger partial charge in [0.2, 0.25) is 0 Å². The van der Waals surface area contributed by atoms with E-state index < -0.39 is 0 Å². The maximum absolute atomic E-state index is 9.12. The Morgan fingerprint density at radius 3 is 3.00 bits per heavy atom. The molecule has 78 valence electrons. The normalized spacial score (nSPS) is 18.1. The van der Waals surface area contributed by atoms with Crippen molar-refractivity contribution in [1.29, 1.82) is 0 Å². The van der Waals surface area contributed by atoms with E-state index in [4.69, 9.17) is 9.84 Å². The second-order valence-electron chi connectivity index (χ2n) is 3.70. The lowest BCUT2D eigenvalue weighted by Crippen LogP contribution is -2.33. The van der Waals surface area contributed by atoms with Gasteiger partial charge in [-0.25, -0.2) is 0 Å². The van der Waals surface area contributed by atoms with Crippen LogP contribution in [0, 0.1) is 0 Å². The highest BCUT2D eigenvalue weighted by atomic mass is 32.1. The minimum Gasteiger partial charge on any atom is -0.496 e. The molecule has 1 aliphatic carbocycles. The average Bonchev–Trinajstić information content (AvgIpc) is 2.86. The fourth-order valence-electron chi connectivity index (χ4n) is 1.45. The first-order valence-electron chi connectivity index (χ1n) is 4.76. The SMILES string of the molecule is COc1ccsc1CNC1(CO)CC1. The van der Waals surface area contributed by atoms with Gasteiger partial charge in [0.25, 0.3) is 0 Å². The van der Waals surface area contributed by atoms with Gasteiger partial charge in [0.05, 0.1) is 18.6 Å². The molecule has 0 radical (unpaired) electrons. The number of ether oxygens (including phenoxy) is 1. The number of hydrogen-bond donors (Lipinski definition) is 2. The minimum absolute atomic E-state index is 0.00893. The first-order chi connectivity index (χ1) is 6.79. The summed E-state index contributed by atoms with van der Waals surface area (Å²) in [5.41, 5.74) is 0.00893. The van der Waals surface area contributed by atoms with Crippen molar-refractivity contribution < 1.29 is 9.84 Å². The van der Waals surface area contributed by atoms with Gasteiger partial charge in [0.15, 0.2) is 0 Å². The molecule has 3 nitrogen and oxygen atoms in total. The summed E-state index contributed by atoms with van der Waals surface area (Å²) >= 11 is 1.68. The number of aliphatic hydroxyl groups excluding tert-OH is 1. The third kappa shape index (κ3) is 1.92. The highest BCUT2D eigenvalue weighted by Crippen LogP contribution is 2.35. The summed E-state index contributed by atoms with van der Waals surface area (Å²) in [6.07, 6.45) is 2.16. The molecule has 1 aromatic heterocycles. The molecule has 0 bridgehead atoms. The van der Waals surface area contributed by atoms with E-state index in [2.05, 4.69) is 5.32 Å². The zero-order chi connectivity index (χ0) is 10.0.